The van der Waals surface area contributed by atoms with Gasteiger partial charge in [-0.3, -0.25) is 4.79 Å². The normalized spacial score (nSPS) is 10.2. The molecule has 0 aliphatic carbocycles. The third-order valence-corrected chi connectivity index (χ3v) is 1.11. The summed E-state index contributed by atoms with van der Waals surface area (Å²) in [5, 5.41) is 3.28. The summed E-state index contributed by atoms with van der Waals surface area (Å²) >= 11 is 0. The summed E-state index contributed by atoms with van der Waals surface area (Å²) in [6, 6.07) is 0. The summed E-state index contributed by atoms with van der Waals surface area (Å²) in [7, 11) is 0. The Morgan fingerprint density at radius 3 is 2.57 bits per heavy atom. The van der Waals surface area contributed by atoms with Crippen molar-refractivity contribution in [3.05, 3.63) is 0 Å². The zero-order valence-corrected chi connectivity index (χ0v) is 8.07. The van der Waals surface area contributed by atoms with Gasteiger partial charge in [0.05, 0.1) is 6.61 Å². The van der Waals surface area contributed by atoms with Crippen molar-refractivity contribution in [2.45, 2.75) is 13.8 Å². The Kier molecular flexibility index (Phi) is 5.79. The van der Waals surface area contributed by atoms with E-state index >= 15 is 0 Å². The van der Waals surface area contributed by atoms with E-state index in [0.717, 1.165) is 0 Å². The predicted octanol–water partition coefficient (Wildman–Crippen LogP) is 0.144. The lowest BCUT2D eigenvalue weighted by Gasteiger charge is -2.01. The SMILES string of the molecule is C#CCO/N=C(/C(C)=O)C(=O)OCC. The van der Waals surface area contributed by atoms with Crippen LogP contribution >= 0.6 is 0 Å². The number of esters is 1. The number of rotatable bonds is 5. The maximum atomic E-state index is 11.1. The number of Topliss-reactive ketones (excluding diaryl/α,β-unsaturated/α-hetero) is 1. The molecular formula is C9H11NO4. The second-order valence-corrected chi connectivity index (χ2v) is 2.19. The third kappa shape index (κ3) is 4.26. The summed E-state index contributed by atoms with van der Waals surface area (Å²) in [5.41, 5.74) is -0.387. The summed E-state index contributed by atoms with van der Waals surface area (Å²) in [4.78, 5) is 26.5. The lowest BCUT2D eigenvalue weighted by molar-refractivity contribution is -0.135. The van der Waals surface area contributed by atoms with Crippen molar-refractivity contribution in [3.63, 3.8) is 0 Å². The number of carbonyl (C=O) groups is 2. The van der Waals surface area contributed by atoms with E-state index in [4.69, 9.17) is 6.42 Å². The Labute approximate surface area is 82.1 Å². The molecular weight excluding hydrogens is 186 g/mol. The van der Waals surface area contributed by atoms with E-state index in [2.05, 4.69) is 20.7 Å². The zero-order chi connectivity index (χ0) is 11.0. The molecule has 14 heavy (non-hydrogen) atoms. The number of hydrogen-bond donors (Lipinski definition) is 0. The van der Waals surface area contributed by atoms with Gasteiger partial charge in [-0.2, -0.15) is 0 Å². The smallest absolute Gasteiger partial charge is 0.364 e. The summed E-state index contributed by atoms with van der Waals surface area (Å²) in [5.74, 6) is 0.805. The fourth-order valence-electron chi connectivity index (χ4n) is 0.579. The van der Waals surface area contributed by atoms with Crippen LogP contribution in [0.15, 0.2) is 5.16 Å². The molecule has 0 bridgehead atoms. The van der Waals surface area contributed by atoms with Gasteiger partial charge in [0.25, 0.3) is 0 Å². The van der Waals surface area contributed by atoms with Crippen molar-refractivity contribution in [2.24, 2.45) is 5.16 Å². The monoisotopic (exact) mass is 197 g/mol. The molecule has 0 saturated heterocycles. The van der Waals surface area contributed by atoms with E-state index < -0.39 is 11.8 Å². The highest BCUT2D eigenvalue weighted by Crippen LogP contribution is 1.89. The number of carbonyl (C=O) groups excluding carboxylic acids is 2. The first-order valence-corrected chi connectivity index (χ1v) is 3.95. The lowest BCUT2D eigenvalue weighted by atomic mass is 10.3. The maximum absolute atomic E-state index is 11.1. The van der Waals surface area contributed by atoms with Gasteiger partial charge >= 0.3 is 5.97 Å². The molecule has 0 atom stereocenters. The van der Waals surface area contributed by atoms with Crippen LogP contribution in [0.3, 0.4) is 0 Å². The van der Waals surface area contributed by atoms with Gasteiger partial charge in [0.1, 0.15) is 0 Å². The van der Waals surface area contributed by atoms with Crippen molar-refractivity contribution >= 4 is 17.5 Å². The minimum Gasteiger partial charge on any atom is -0.461 e. The topological polar surface area (TPSA) is 65.0 Å². The van der Waals surface area contributed by atoms with Crippen LogP contribution in [0.4, 0.5) is 0 Å². The fraction of sp³-hybridized carbons (Fsp3) is 0.444. The van der Waals surface area contributed by atoms with E-state index in [-0.39, 0.29) is 18.9 Å². The van der Waals surface area contributed by atoms with Gasteiger partial charge in [-0.1, -0.05) is 11.1 Å². The van der Waals surface area contributed by atoms with Crippen molar-refractivity contribution in [3.8, 4) is 12.3 Å². The number of hydrogen-bond acceptors (Lipinski definition) is 5. The second-order valence-electron chi connectivity index (χ2n) is 2.19. The minimum absolute atomic E-state index is 0.101. The quantitative estimate of drug-likeness (QED) is 0.157. The van der Waals surface area contributed by atoms with E-state index in [9.17, 15) is 9.59 Å². The first kappa shape index (κ1) is 12.2. The Hall–Kier alpha value is -1.83. The van der Waals surface area contributed by atoms with E-state index in [0.29, 0.717) is 0 Å². The van der Waals surface area contributed by atoms with Crippen LogP contribution in [0, 0.1) is 12.3 Å². The molecule has 0 aromatic carbocycles. The van der Waals surface area contributed by atoms with Crippen LogP contribution < -0.4 is 0 Å². The Balaban J connectivity index is 4.44. The van der Waals surface area contributed by atoms with Crippen molar-refractivity contribution in [1.29, 1.82) is 0 Å². The molecule has 0 heterocycles. The van der Waals surface area contributed by atoms with Crippen LogP contribution in [-0.2, 0) is 19.2 Å². The molecule has 0 amide bonds. The van der Waals surface area contributed by atoms with Crippen molar-refractivity contribution < 1.29 is 19.2 Å². The molecule has 0 aliphatic heterocycles. The largest absolute Gasteiger partial charge is 0.461 e. The fourth-order valence-corrected chi connectivity index (χ4v) is 0.579. The van der Waals surface area contributed by atoms with Gasteiger partial charge in [0.2, 0.25) is 5.71 Å². The van der Waals surface area contributed by atoms with Crippen molar-refractivity contribution in [1.82, 2.24) is 0 Å². The van der Waals surface area contributed by atoms with Gasteiger partial charge < -0.3 is 9.57 Å². The Morgan fingerprint density at radius 1 is 1.50 bits per heavy atom. The van der Waals surface area contributed by atoms with E-state index in [1.807, 2.05) is 0 Å². The maximum Gasteiger partial charge on any atom is 0.364 e. The number of nitrogens with zero attached hydrogens (tertiary/aromatic N) is 1. The Morgan fingerprint density at radius 2 is 2.14 bits per heavy atom. The van der Waals surface area contributed by atoms with E-state index in [1.54, 1.807) is 6.92 Å². The van der Waals surface area contributed by atoms with E-state index in [1.165, 1.54) is 6.92 Å². The molecule has 76 valence electrons. The highest BCUT2D eigenvalue weighted by molar-refractivity contribution is 6.63. The summed E-state index contributed by atoms with van der Waals surface area (Å²) in [6.45, 7) is 2.88. The molecule has 0 radical (unpaired) electrons. The molecule has 0 fully saturated rings. The van der Waals surface area contributed by atoms with Gasteiger partial charge in [-0.25, -0.2) is 4.79 Å². The molecule has 0 aromatic rings. The second kappa shape index (κ2) is 6.66. The highest BCUT2D eigenvalue weighted by Gasteiger charge is 2.18. The molecule has 0 aliphatic rings. The van der Waals surface area contributed by atoms with Gasteiger partial charge in [0, 0.05) is 6.92 Å². The number of ether oxygens (including phenoxy) is 1. The molecule has 0 saturated carbocycles. The third-order valence-electron chi connectivity index (χ3n) is 1.11. The average molecular weight is 197 g/mol. The van der Waals surface area contributed by atoms with Crippen LogP contribution in [0.25, 0.3) is 0 Å². The number of ketones is 1. The Bertz CT molecular complexity index is 288. The number of terminal acetylenes is 1. The average Bonchev–Trinajstić information content (AvgIpc) is 2.12. The van der Waals surface area contributed by atoms with Gasteiger partial charge in [-0.05, 0) is 6.92 Å². The first-order chi connectivity index (χ1) is 6.63. The highest BCUT2D eigenvalue weighted by atomic mass is 16.6. The number of oxime groups is 1. The zero-order valence-electron chi connectivity index (χ0n) is 8.07. The molecule has 0 unspecified atom stereocenters. The first-order valence-electron chi connectivity index (χ1n) is 3.95. The molecule has 5 nitrogen and oxygen atoms in total. The lowest BCUT2D eigenvalue weighted by Crippen LogP contribution is -2.24. The van der Waals surface area contributed by atoms with Crippen LogP contribution in [0.5, 0.6) is 0 Å². The minimum atomic E-state index is -0.808. The van der Waals surface area contributed by atoms with Crippen molar-refractivity contribution in [2.75, 3.05) is 13.2 Å². The predicted molar refractivity (Wildman–Crippen MR) is 49.5 cm³/mol. The molecule has 5 heteroatoms. The van der Waals surface area contributed by atoms with Crippen LogP contribution in [-0.4, -0.2) is 30.7 Å². The van der Waals surface area contributed by atoms with Crippen LogP contribution in [0.1, 0.15) is 13.8 Å². The van der Waals surface area contributed by atoms with Crippen LogP contribution in [0.2, 0.25) is 0 Å². The standard InChI is InChI=1S/C9H11NO4/c1-4-6-14-10-8(7(3)11)9(12)13-5-2/h1H,5-6H2,2-3H3/b10-8-. The molecule has 0 N–H and O–H groups in total. The summed E-state index contributed by atoms with van der Waals surface area (Å²) in [6.07, 6.45) is 4.88. The molecule has 0 rings (SSSR count). The molecule has 0 spiro atoms. The summed E-state index contributed by atoms with van der Waals surface area (Å²) < 4.78 is 4.57. The van der Waals surface area contributed by atoms with Gasteiger partial charge in [-0.15, -0.1) is 6.42 Å². The molecule has 0 aromatic heterocycles. The van der Waals surface area contributed by atoms with Gasteiger partial charge in [0.15, 0.2) is 12.4 Å².